The topological polar surface area (TPSA) is 74.6 Å². The van der Waals surface area contributed by atoms with Gasteiger partial charge in [0.1, 0.15) is 0 Å². The van der Waals surface area contributed by atoms with Crippen LogP contribution in [0.25, 0.3) is 0 Å². The van der Waals surface area contributed by atoms with Gasteiger partial charge in [-0.3, -0.25) is 4.79 Å². The molecule has 1 aromatic rings. The Bertz CT molecular complexity index is 370. The van der Waals surface area contributed by atoms with Gasteiger partial charge in [-0.05, 0) is 18.6 Å². The lowest BCUT2D eigenvalue weighted by atomic mass is 9.96. The molecule has 1 aromatic carbocycles. The number of hydrogen-bond donors (Lipinski definition) is 2. The van der Waals surface area contributed by atoms with E-state index in [2.05, 4.69) is 0 Å². The van der Waals surface area contributed by atoms with Crippen LogP contribution in [0.4, 0.5) is 0 Å². The Morgan fingerprint density at radius 1 is 1.21 bits per heavy atom. The predicted octanol–water partition coefficient (Wildman–Crippen LogP) is 1.57. The van der Waals surface area contributed by atoms with E-state index >= 15 is 0 Å². The maximum Gasteiger partial charge on any atom is 0.335 e. The molecule has 0 unspecified atom stereocenters. The van der Waals surface area contributed by atoms with Gasteiger partial charge in [-0.15, -0.1) is 0 Å². The third kappa shape index (κ3) is 1.90. The van der Waals surface area contributed by atoms with Crippen LogP contribution in [0.2, 0.25) is 0 Å². The Kier molecular flexibility index (Phi) is 2.86. The van der Waals surface area contributed by atoms with Crippen LogP contribution in [0.3, 0.4) is 0 Å². The zero-order chi connectivity index (χ0) is 10.7. The number of carbonyl (C=O) groups is 2. The molecule has 14 heavy (non-hydrogen) atoms. The van der Waals surface area contributed by atoms with Gasteiger partial charge in [-0.25, -0.2) is 4.79 Å². The molecule has 0 amide bonds. The van der Waals surface area contributed by atoms with Crippen molar-refractivity contribution >= 4 is 11.9 Å². The summed E-state index contributed by atoms with van der Waals surface area (Å²) in [5.74, 6) is -2.94. The van der Waals surface area contributed by atoms with Crippen molar-refractivity contribution in [3.63, 3.8) is 0 Å². The highest BCUT2D eigenvalue weighted by atomic mass is 16.4. The van der Waals surface area contributed by atoms with Crippen LogP contribution in [-0.2, 0) is 4.79 Å². The van der Waals surface area contributed by atoms with Crippen molar-refractivity contribution in [2.75, 3.05) is 0 Å². The smallest absolute Gasteiger partial charge is 0.335 e. The number of hydrogen-bond acceptors (Lipinski definition) is 2. The Labute approximate surface area is 80.8 Å². The average Bonchev–Trinajstić information content (AvgIpc) is 2.16. The van der Waals surface area contributed by atoms with Crippen molar-refractivity contribution in [1.29, 1.82) is 0 Å². The summed E-state index contributed by atoms with van der Waals surface area (Å²) in [4.78, 5) is 21.4. The Balaban J connectivity index is 3.19. The molecule has 2 N–H and O–H groups in total. The van der Waals surface area contributed by atoms with E-state index in [4.69, 9.17) is 10.2 Å². The lowest BCUT2D eigenvalue weighted by Gasteiger charge is -2.09. The summed E-state index contributed by atoms with van der Waals surface area (Å²) in [6, 6.07) is 6.11. The second kappa shape index (κ2) is 3.91. The largest absolute Gasteiger partial charge is 0.481 e. The lowest BCUT2D eigenvalue weighted by molar-refractivity contribution is -0.138. The van der Waals surface area contributed by atoms with Crippen LogP contribution in [0.5, 0.6) is 0 Å². The van der Waals surface area contributed by atoms with Crippen molar-refractivity contribution in [2.45, 2.75) is 12.8 Å². The van der Waals surface area contributed by atoms with Crippen molar-refractivity contribution in [1.82, 2.24) is 0 Å². The molecule has 0 aliphatic rings. The molecule has 4 heteroatoms. The summed E-state index contributed by atoms with van der Waals surface area (Å²) < 4.78 is 0. The van der Waals surface area contributed by atoms with Gasteiger partial charge >= 0.3 is 11.9 Å². The first kappa shape index (κ1) is 10.2. The number of benzene rings is 1. The first-order valence-corrected chi connectivity index (χ1v) is 4.09. The maximum absolute atomic E-state index is 10.8. The first-order valence-electron chi connectivity index (χ1n) is 4.09. The van der Waals surface area contributed by atoms with Gasteiger partial charge < -0.3 is 10.2 Å². The van der Waals surface area contributed by atoms with Gasteiger partial charge in [0, 0.05) is 0 Å². The minimum Gasteiger partial charge on any atom is -0.481 e. The van der Waals surface area contributed by atoms with Crippen LogP contribution >= 0.6 is 0 Å². The third-order valence-electron chi connectivity index (χ3n) is 2.03. The monoisotopic (exact) mass is 194 g/mol. The van der Waals surface area contributed by atoms with Crippen molar-refractivity contribution < 1.29 is 19.8 Å². The fourth-order valence-corrected chi connectivity index (χ4v) is 1.20. The highest BCUT2D eigenvalue weighted by Crippen LogP contribution is 2.19. The number of carboxylic acid groups (broad SMARTS) is 2. The van der Waals surface area contributed by atoms with Crippen LogP contribution < -0.4 is 0 Å². The molecule has 4 nitrogen and oxygen atoms in total. The molecule has 0 aliphatic heterocycles. The zero-order valence-corrected chi connectivity index (χ0v) is 7.60. The summed E-state index contributed by atoms with van der Waals surface area (Å²) in [5, 5.41) is 17.6. The standard InChI is InChI=1S/C10H10O4/c1-6(9(11)12)7-4-2-3-5-8(7)10(13)14/h2-6H,1H3,(H,11,12)(H,13,14)/t6-/m0/s1. The summed E-state index contributed by atoms with van der Waals surface area (Å²) in [5.41, 5.74) is 0.370. The van der Waals surface area contributed by atoms with Crippen molar-refractivity contribution in [3.05, 3.63) is 35.4 Å². The van der Waals surface area contributed by atoms with E-state index < -0.39 is 17.9 Å². The quantitative estimate of drug-likeness (QED) is 0.765. The van der Waals surface area contributed by atoms with Gasteiger partial charge in [0.2, 0.25) is 0 Å². The van der Waals surface area contributed by atoms with Crippen molar-refractivity contribution in [3.8, 4) is 0 Å². The molecule has 1 rings (SSSR count). The van der Waals surface area contributed by atoms with Crippen molar-refractivity contribution in [2.24, 2.45) is 0 Å². The lowest BCUT2D eigenvalue weighted by Crippen LogP contribution is -2.12. The fourth-order valence-electron chi connectivity index (χ4n) is 1.20. The Morgan fingerprint density at radius 3 is 2.29 bits per heavy atom. The van der Waals surface area contributed by atoms with E-state index in [1.165, 1.54) is 19.1 Å². The maximum atomic E-state index is 10.8. The van der Waals surface area contributed by atoms with E-state index in [0.717, 1.165) is 0 Å². The van der Waals surface area contributed by atoms with E-state index in [9.17, 15) is 9.59 Å². The summed E-state index contributed by atoms with van der Waals surface area (Å²) >= 11 is 0. The molecule has 0 radical (unpaired) electrons. The second-order valence-corrected chi connectivity index (χ2v) is 2.95. The molecule has 0 spiro atoms. The number of aromatic carboxylic acids is 1. The Hall–Kier alpha value is -1.84. The summed E-state index contributed by atoms with van der Waals surface area (Å²) in [7, 11) is 0. The first-order chi connectivity index (χ1) is 6.54. The molecule has 74 valence electrons. The number of rotatable bonds is 3. The van der Waals surface area contributed by atoms with Gasteiger partial charge in [0.15, 0.2) is 0 Å². The average molecular weight is 194 g/mol. The zero-order valence-electron chi connectivity index (χ0n) is 7.60. The molecule has 1 atom stereocenters. The van der Waals surface area contributed by atoms with E-state index in [-0.39, 0.29) is 5.56 Å². The van der Waals surface area contributed by atoms with Crippen LogP contribution in [0.15, 0.2) is 24.3 Å². The Morgan fingerprint density at radius 2 is 1.79 bits per heavy atom. The van der Waals surface area contributed by atoms with Gasteiger partial charge in [0.05, 0.1) is 11.5 Å². The number of carboxylic acids is 2. The molecular weight excluding hydrogens is 184 g/mol. The molecule has 0 heterocycles. The van der Waals surface area contributed by atoms with Gasteiger partial charge in [-0.2, -0.15) is 0 Å². The van der Waals surface area contributed by atoms with E-state index in [1.807, 2.05) is 0 Å². The minimum absolute atomic E-state index is 0.0439. The molecule has 0 saturated carbocycles. The number of aliphatic carboxylic acids is 1. The van der Waals surface area contributed by atoms with E-state index in [1.54, 1.807) is 12.1 Å². The minimum atomic E-state index is -1.10. The SMILES string of the molecule is C[C@H](C(=O)O)c1ccccc1C(=O)O. The molecular formula is C10H10O4. The van der Waals surface area contributed by atoms with Gasteiger partial charge in [-0.1, -0.05) is 18.2 Å². The fraction of sp³-hybridized carbons (Fsp3) is 0.200. The highest BCUT2D eigenvalue weighted by molar-refractivity contribution is 5.91. The second-order valence-electron chi connectivity index (χ2n) is 2.95. The normalized spacial score (nSPS) is 12.1. The van der Waals surface area contributed by atoms with Crippen LogP contribution in [-0.4, -0.2) is 22.2 Å². The third-order valence-corrected chi connectivity index (χ3v) is 2.03. The highest BCUT2D eigenvalue weighted by Gasteiger charge is 2.19. The van der Waals surface area contributed by atoms with Crippen LogP contribution in [0, 0.1) is 0 Å². The molecule has 0 aromatic heterocycles. The van der Waals surface area contributed by atoms with E-state index in [0.29, 0.717) is 5.56 Å². The molecule has 0 bridgehead atoms. The summed E-state index contributed by atoms with van der Waals surface area (Å²) in [6.07, 6.45) is 0. The predicted molar refractivity (Wildman–Crippen MR) is 49.5 cm³/mol. The molecule has 0 fully saturated rings. The molecule has 0 saturated heterocycles. The molecule has 0 aliphatic carbocycles. The summed E-state index contributed by atoms with van der Waals surface area (Å²) in [6.45, 7) is 1.46. The van der Waals surface area contributed by atoms with Gasteiger partial charge in [0.25, 0.3) is 0 Å². The van der Waals surface area contributed by atoms with Crippen LogP contribution in [0.1, 0.15) is 28.8 Å².